The summed E-state index contributed by atoms with van der Waals surface area (Å²) in [6.07, 6.45) is 6.21. The van der Waals surface area contributed by atoms with Gasteiger partial charge in [-0.1, -0.05) is 261 Å². The molecule has 0 bridgehead atoms. The van der Waals surface area contributed by atoms with Crippen molar-refractivity contribution in [3.8, 4) is 55.6 Å². The molecule has 0 aliphatic rings. The molecule has 0 amide bonds. The second kappa shape index (κ2) is 23.1. The van der Waals surface area contributed by atoms with Gasteiger partial charge in [-0.2, -0.15) is 0 Å². The van der Waals surface area contributed by atoms with Crippen LogP contribution < -0.4 is 9.80 Å². The number of nitrogens with zero attached hydrogens (tertiary/aromatic N) is 2. The molecule has 1 aromatic heterocycles. The third kappa shape index (κ3) is 9.79. The predicted molar refractivity (Wildman–Crippen MR) is 391 cm³/mol. The molecule has 0 radical (unpaired) electrons. The molecule has 0 unspecified atom stereocenters. The van der Waals surface area contributed by atoms with Crippen molar-refractivity contribution in [2.45, 2.75) is 6.92 Å². The highest BCUT2D eigenvalue weighted by molar-refractivity contribution is 7.26. The Hall–Kier alpha value is -11.4. The van der Waals surface area contributed by atoms with Gasteiger partial charge in [0.1, 0.15) is 0 Å². The number of hydrogen-bond donors (Lipinski definition) is 0. The highest BCUT2D eigenvalue weighted by Gasteiger charge is 2.22. The van der Waals surface area contributed by atoms with Crippen LogP contribution in [-0.4, -0.2) is 0 Å². The number of benzene rings is 15. The van der Waals surface area contributed by atoms with Crippen LogP contribution in [0, 0.1) is 0 Å². The van der Waals surface area contributed by atoms with Gasteiger partial charge in [0.25, 0.3) is 0 Å². The van der Waals surface area contributed by atoms with Gasteiger partial charge in [0, 0.05) is 54.2 Å². The molecule has 1 heterocycles. The normalized spacial score (nSPS) is 11.6. The maximum atomic E-state index is 4.10. The molecule has 3 heteroatoms. The Labute approximate surface area is 529 Å². The Morgan fingerprint density at radius 2 is 0.811 bits per heavy atom. The van der Waals surface area contributed by atoms with Crippen LogP contribution in [0.1, 0.15) is 18.1 Å². The summed E-state index contributed by atoms with van der Waals surface area (Å²) < 4.78 is 2.63. The molecule has 0 atom stereocenters. The maximum Gasteiger partial charge on any atom is 0.0540 e. The van der Waals surface area contributed by atoms with Crippen LogP contribution in [0.5, 0.6) is 0 Å². The molecular formula is C87H60N2S. The third-order valence-corrected chi connectivity index (χ3v) is 19.1. The molecule has 424 valence electrons. The maximum absolute atomic E-state index is 4.10. The lowest BCUT2D eigenvalue weighted by Crippen LogP contribution is -2.12. The topological polar surface area (TPSA) is 6.48 Å². The molecule has 0 N–H and O–H groups in total. The van der Waals surface area contributed by atoms with Gasteiger partial charge >= 0.3 is 0 Å². The van der Waals surface area contributed by atoms with Gasteiger partial charge in [0.2, 0.25) is 0 Å². The molecule has 0 aliphatic carbocycles. The number of para-hydroxylation sites is 1. The molecule has 2 nitrogen and oxygen atoms in total. The van der Waals surface area contributed by atoms with Crippen molar-refractivity contribution in [2.75, 3.05) is 9.80 Å². The van der Waals surface area contributed by atoms with E-state index in [0.717, 1.165) is 67.5 Å². The number of fused-ring (bicyclic) bond motifs is 9. The molecule has 16 aromatic rings. The number of anilines is 6. The zero-order chi connectivity index (χ0) is 60.1. The quantitative estimate of drug-likeness (QED) is 0.106. The molecule has 90 heavy (non-hydrogen) atoms. The first-order chi connectivity index (χ1) is 44.5. The van der Waals surface area contributed by atoms with Gasteiger partial charge in [-0.05, 0) is 190 Å². The first kappa shape index (κ1) is 54.1. The molecule has 0 fully saturated rings. The molecular weight excluding hydrogens is 1110 g/mol. The standard InChI is InChI=1S/C87H60N2S/c1-3-17-76-58(4-2)22-15-30-78(76)64-37-34-60(35-38-64)61-42-47-71(48-43-61)88(72-49-44-65(45-50-72)81-31-16-33-85-86(81)83-52-46-63-20-8-10-29-82(63)87(83)90-85)73-25-14-24-69(56-73)80-28-11-12-32-84(80)89(75-51-53-79-70(57-75)41-39-62-19-7-9-27-77(62)79)74-26-13-23-67(55-74)68-40-36-59-18-5-6-21-66(59)54-68/h3-57H,2H2,1H3/b17-3-. The minimum atomic E-state index is 1.05. The monoisotopic (exact) mass is 1160 g/mol. The summed E-state index contributed by atoms with van der Waals surface area (Å²) in [4.78, 5) is 4.85. The molecule has 16 rings (SSSR count). The van der Waals surface area contributed by atoms with Crippen molar-refractivity contribution < 1.29 is 0 Å². The smallest absolute Gasteiger partial charge is 0.0540 e. The van der Waals surface area contributed by atoms with Crippen LogP contribution in [0.4, 0.5) is 34.1 Å². The van der Waals surface area contributed by atoms with Crippen LogP contribution in [0.2, 0.25) is 0 Å². The molecule has 0 aliphatic heterocycles. The summed E-state index contributed by atoms with van der Waals surface area (Å²) >= 11 is 1.89. The largest absolute Gasteiger partial charge is 0.310 e. The average molecular weight is 1170 g/mol. The van der Waals surface area contributed by atoms with Crippen molar-refractivity contribution in [2.24, 2.45) is 0 Å². The fourth-order valence-electron chi connectivity index (χ4n) is 13.5. The highest BCUT2D eigenvalue weighted by atomic mass is 32.1. The predicted octanol–water partition coefficient (Wildman–Crippen LogP) is 25.6. The fraction of sp³-hybridized carbons (Fsp3) is 0.0115. The zero-order valence-electron chi connectivity index (χ0n) is 49.8. The first-order valence-electron chi connectivity index (χ1n) is 30.8. The Balaban J connectivity index is 0.817. The summed E-state index contributed by atoms with van der Waals surface area (Å²) in [5, 5.41) is 12.5. The van der Waals surface area contributed by atoms with Gasteiger partial charge in [-0.25, -0.2) is 0 Å². The number of rotatable bonds is 13. The van der Waals surface area contributed by atoms with E-state index in [1.54, 1.807) is 0 Å². The van der Waals surface area contributed by atoms with Crippen molar-refractivity contribution >= 4 is 121 Å². The zero-order valence-corrected chi connectivity index (χ0v) is 50.6. The summed E-state index contributed by atoms with van der Waals surface area (Å²) in [6.45, 7) is 6.17. The number of allylic oxidation sites excluding steroid dienone is 1. The Morgan fingerprint density at radius 1 is 0.311 bits per heavy atom. The van der Waals surface area contributed by atoms with E-state index < -0.39 is 0 Å². The second-order valence-corrected chi connectivity index (χ2v) is 24.2. The van der Waals surface area contributed by atoms with Crippen LogP contribution in [0.15, 0.2) is 328 Å². The van der Waals surface area contributed by atoms with Crippen LogP contribution in [-0.2, 0) is 0 Å². The van der Waals surface area contributed by atoms with E-state index in [1.165, 1.54) is 96.6 Å². The SMILES string of the molecule is C=Cc1cccc(-c2ccc(-c3ccc(N(c4ccc(-c5cccc6sc7c8ccccc8ccc7c56)cc4)c4cccc(-c5ccccc5N(c5cccc(-c6ccc7ccccc7c6)c5)c5ccc6c(ccc7ccccc76)c5)c4)cc3)cc2)c1/C=C\C. The van der Waals surface area contributed by atoms with Gasteiger partial charge in [-0.15, -0.1) is 11.3 Å². The summed E-state index contributed by atoms with van der Waals surface area (Å²) in [6, 6.07) is 116. The lowest BCUT2D eigenvalue weighted by atomic mass is 9.93. The molecule has 15 aromatic carbocycles. The van der Waals surface area contributed by atoms with Crippen molar-refractivity contribution in [3.05, 3.63) is 339 Å². The van der Waals surface area contributed by atoms with Gasteiger partial charge in [-0.3, -0.25) is 0 Å². The number of hydrogen-bond acceptors (Lipinski definition) is 3. The van der Waals surface area contributed by atoms with Crippen molar-refractivity contribution in [3.63, 3.8) is 0 Å². The highest BCUT2D eigenvalue weighted by Crippen LogP contribution is 2.47. The summed E-state index contributed by atoms with van der Waals surface area (Å²) in [5.41, 5.74) is 20.3. The van der Waals surface area contributed by atoms with Crippen LogP contribution in [0.3, 0.4) is 0 Å². The van der Waals surface area contributed by atoms with E-state index in [9.17, 15) is 0 Å². The Bertz CT molecular complexity index is 5460. The lowest BCUT2D eigenvalue weighted by Gasteiger charge is -2.29. The Kier molecular flexibility index (Phi) is 13.8. The molecule has 0 saturated carbocycles. The van der Waals surface area contributed by atoms with Crippen LogP contribution >= 0.6 is 11.3 Å². The molecule has 0 spiro atoms. The average Bonchev–Trinajstić information content (AvgIpc) is 1.60. The van der Waals surface area contributed by atoms with Gasteiger partial charge in [0.15, 0.2) is 0 Å². The van der Waals surface area contributed by atoms with Crippen molar-refractivity contribution in [1.82, 2.24) is 0 Å². The fourth-order valence-corrected chi connectivity index (χ4v) is 14.8. The van der Waals surface area contributed by atoms with E-state index in [2.05, 4.69) is 351 Å². The third-order valence-electron chi connectivity index (χ3n) is 17.9. The van der Waals surface area contributed by atoms with E-state index in [1.807, 2.05) is 17.4 Å². The van der Waals surface area contributed by atoms with E-state index in [0.29, 0.717) is 0 Å². The minimum absolute atomic E-state index is 1.05. The van der Waals surface area contributed by atoms with E-state index >= 15 is 0 Å². The summed E-state index contributed by atoms with van der Waals surface area (Å²) in [7, 11) is 0. The van der Waals surface area contributed by atoms with Gasteiger partial charge < -0.3 is 9.80 Å². The van der Waals surface area contributed by atoms with E-state index in [4.69, 9.17) is 0 Å². The van der Waals surface area contributed by atoms with Crippen molar-refractivity contribution in [1.29, 1.82) is 0 Å². The van der Waals surface area contributed by atoms with Gasteiger partial charge in [0.05, 0.1) is 5.69 Å². The minimum Gasteiger partial charge on any atom is -0.310 e. The summed E-state index contributed by atoms with van der Waals surface area (Å²) in [5.74, 6) is 0. The number of thiophene rings is 1. The first-order valence-corrected chi connectivity index (χ1v) is 31.7. The Morgan fingerprint density at radius 3 is 1.59 bits per heavy atom. The second-order valence-electron chi connectivity index (χ2n) is 23.2. The van der Waals surface area contributed by atoms with E-state index in [-0.39, 0.29) is 0 Å². The molecule has 0 saturated heterocycles. The lowest BCUT2D eigenvalue weighted by molar-refractivity contribution is 1.28. The van der Waals surface area contributed by atoms with Crippen LogP contribution in [0.25, 0.3) is 131 Å².